The van der Waals surface area contributed by atoms with E-state index in [1.807, 2.05) is 0 Å². The summed E-state index contributed by atoms with van der Waals surface area (Å²) in [7, 11) is 0. The van der Waals surface area contributed by atoms with Gasteiger partial charge in [0.1, 0.15) is 18.5 Å². The number of hydrogen-bond acceptors (Lipinski definition) is 6. The van der Waals surface area contributed by atoms with Gasteiger partial charge in [0, 0.05) is 0 Å². The first-order chi connectivity index (χ1) is 7.58. The van der Waals surface area contributed by atoms with Crippen LogP contribution in [0.25, 0.3) is 0 Å². The van der Waals surface area contributed by atoms with Crippen molar-refractivity contribution in [2.75, 3.05) is 6.54 Å². The Kier molecular flexibility index (Phi) is 2.38. The lowest BCUT2D eigenvalue weighted by Gasteiger charge is -2.38. The first-order valence-corrected chi connectivity index (χ1v) is 5.08. The van der Waals surface area contributed by atoms with Crippen LogP contribution >= 0.6 is 0 Å². The second-order valence-corrected chi connectivity index (χ2v) is 4.38. The van der Waals surface area contributed by atoms with Crippen LogP contribution in [0.15, 0.2) is 0 Å². The van der Waals surface area contributed by atoms with Crippen LogP contribution in [0.4, 0.5) is 0 Å². The van der Waals surface area contributed by atoms with Gasteiger partial charge in [-0.3, -0.25) is 0 Å². The minimum absolute atomic E-state index is 0.0138. The average Bonchev–Trinajstić information content (AvgIpc) is 2.52. The van der Waals surface area contributed by atoms with Crippen molar-refractivity contribution >= 4 is 0 Å². The Hall–Kier alpha value is -0.400. The summed E-state index contributed by atoms with van der Waals surface area (Å²) in [6, 6.07) is -1.81. The summed E-state index contributed by atoms with van der Waals surface area (Å²) >= 11 is 0. The van der Waals surface area contributed by atoms with E-state index in [4.69, 9.17) is 0 Å². The highest BCUT2D eigenvalue weighted by atomic mass is 17.1. The van der Waals surface area contributed by atoms with Gasteiger partial charge in [-0.2, -0.15) is 20.9 Å². The van der Waals surface area contributed by atoms with Crippen LogP contribution in [0.3, 0.4) is 0 Å². The third-order valence-electron chi connectivity index (χ3n) is 3.62. The predicted molar refractivity (Wildman–Crippen MR) is 43.8 cm³/mol. The molecule has 2 aliphatic heterocycles. The van der Waals surface area contributed by atoms with Crippen molar-refractivity contribution in [1.82, 2.24) is 0 Å². The van der Waals surface area contributed by atoms with E-state index < -0.39 is 44.9 Å². The van der Waals surface area contributed by atoms with E-state index in [1.54, 1.807) is 0 Å². The van der Waals surface area contributed by atoms with Gasteiger partial charge in [-0.15, -0.1) is 0 Å². The maximum absolute atomic E-state index is 11.5. The Morgan fingerprint density at radius 1 is 0.875 bits per heavy atom. The third kappa shape index (κ3) is 1.38. The molecule has 2 bridgehead atoms. The lowest BCUT2D eigenvalue weighted by molar-refractivity contribution is -1.35. The van der Waals surface area contributed by atoms with Crippen LogP contribution < -0.4 is 20.9 Å². The first-order valence-electron chi connectivity index (χ1n) is 5.08. The van der Waals surface area contributed by atoms with Crippen LogP contribution in [0, 0.1) is 26.7 Å². The quantitative estimate of drug-likeness (QED) is 0.309. The molecule has 3 fully saturated rings. The molecule has 0 spiro atoms. The molecule has 0 aromatic carbocycles. The van der Waals surface area contributed by atoms with Gasteiger partial charge in [0.15, 0.2) is 12.1 Å². The van der Waals surface area contributed by atoms with Crippen LogP contribution in [0.2, 0.25) is 0 Å². The predicted octanol–water partition coefficient (Wildman–Crippen LogP) is -6.64. The lowest BCUT2D eigenvalue weighted by Crippen LogP contribution is -3.34. The summed E-state index contributed by atoms with van der Waals surface area (Å²) in [5, 5.41) is 42.9. The summed E-state index contributed by atoms with van der Waals surface area (Å²) in [5.41, 5.74) is 0. The van der Waals surface area contributed by atoms with E-state index in [-0.39, 0.29) is 6.54 Å². The third-order valence-corrected chi connectivity index (χ3v) is 3.62. The highest BCUT2D eigenvalue weighted by molar-refractivity contribution is 4.91. The van der Waals surface area contributed by atoms with Crippen LogP contribution in [0.5, 0.6) is 0 Å². The second-order valence-electron chi connectivity index (χ2n) is 4.38. The highest BCUT2D eigenvalue weighted by Crippen LogP contribution is 2.23. The molecular formula is C6H12N4O6. The molecule has 10 heteroatoms. The zero-order valence-electron chi connectivity index (χ0n) is 8.17. The van der Waals surface area contributed by atoms with Crippen molar-refractivity contribution < 1.29 is 30.8 Å². The van der Waals surface area contributed by atoms with Gasteiger partial charge in [-0.1, -0.05) is 0 Å². The number of rotatable bonds is 0. The fourth-order valence-electron chi connectivity index (χ4n) is 2.93. The van der Waals surface area contributed by atoms with Crippen LogP contribution in [-0.2, 0) is 9.88 Å². The molecule has 1 saturated carbocycles. The summed E-state index contributed by atoms with van der Waals surface area (Å²) < 4.78 is 0. The van der Waals surface area contributed by atoms with Gasteiger partial charge in [0.2, 0.25) is 0 Å². The Balaban J connectivity index is 1.90. The smallest absolute Gasteiger partial charge is 0.192 e. The van der Waals surface area contributed by atoms with E-state index in [1.165, 1.54) is 0 Å². The van der Waals surface area contributed by atoms with E-state index in [2.05, 4.69) is 9.88 Å². The second kappa shape index (κ2) is 3.54. The van der Waals surface area contributed by atoms with Crippen molar-refractivity contribution in [3.63, 3.8) is 0 Å². The topological polar surface area (TPSA) is 128 Å². The molecule has 0 amide bonds. The lowest BCUT2D eigenvalue weighted by atomic mass is 10.00. The molecule has 2 saturated heterocycles. The molecule has 2 heterocycles. The molecule has 0 aromatic rings. The van der Waals surface area contributed by atoms with Crippen LogP contribution in [-0.4, -0.2) is 24.7 Å². The molecular weight excluding hydrogens is 224 g/mol. The van der Waals surface area contributed by atoms with Crippen LogP contribution in [0.1, 0.15) is 6.42 Å². The molecule has 10 nitrogen and oxygen atoms in total. The molecule has 0 radical (unpaired) electrons. The fourth-order valence-corrected chi connectivity index (χ4v) is 2.93. The molecule has 16 heavy (non-hydrogen) atoms. The molecule has 92 valence electrons. The Morgan fingerprint density at radius 2 is 1.56 bits per heavy atom. The van der Waals surface area contributed by atoms with Gasteiger partial charge in [-0.05, 0) is 9.88 Å². The van der Waals surface area contributed by atoms with Crippen molar-refractivity contribution in [3.05, 3.63) is 20.8 Å². The number of quaternary nitrogens is 4. The van der Waals surface area contributed by atoms with Gasteiger partial charge in [0.25, 0.3) is 0 Å². The Bertz CT molecular complexity index is 294. The SMILES string of the molecule is [O-][NH+]1CC2C3CC(C2[NH+]([O-])O1)[NH+]([O-])O[NH+]3[O-]. The average molecular weight is 236 g/mol. The highest BCUT2D eigenvalue weighted by Gasteiger charge is 2.63. The number of hydrogen-bond donors (Lipinski definition) is 4. The monoisotopic (exact) mass is 236 g/mol. The summed E-state index contributed by atoms with van der Waals surface area (Å²) in [6.07, 6.45) is 0.301. The minimum atomic E-state index is -0.694. The molecule has 3 rings (SSSR count). The zero-order chi connectivity index (χ0) is 11.4. The van der Waals surface area contributed by atoms with Crippen molar-refractivity contribution in [3.8, 4) is 0 Å². The van der Waals surface area contributed by atoms with E-state index in [0.717, 1.165) is 0 Å². The van der Waals surface area contributed by atoms with E-state index >= 15 is 0 Å². The largest absolute Gasteiger partial charge is 0.595 e. The Morgan fingerprint density at radius 3 is 2.31 bits per heavy atom. The number of nitrogens with one attached hydrogen (secondary N) is 4. The van der Waals surface area contributed by atoms with Gasteiger partial charge in [0.05, 0.1) is 6.42 Å². The summed E-state index contributed by atoms with van der Waals surface area (Å²) in [4.78, 5) is 9.05. The molecule has 8 unspecified atom stereocenters. The van der Waals surface area contributed by atoms with E-state index in [9.17, 15) is 20.8 Å². The molecule has 1 aliphatic carbocycles. The molecule has 0 aromatic heterocycles. The maximum Gasteiger partial charge on any atom is 0.192 e. The Labute approximate surface area is 89.6 Å². The maximum atomic E-state index is 11.5. The van der Waals surface area contributed by atoms with Gasteiger partial charge in [-0.25, -0.2) is 0 Å². The number of hydroxylamine groups is 8. The summed E-state index contributed by atoms with van der Waals surface area (Å²) in [6.45, 7) is 0.0138. The first kappa shape index (κ1) is 10.7. The van der Waals surface area contributed by atoms with Gasteiger partial charge < -0.3 is 20.8 Å². The summed E-state index contributed by atoms with van der Waals surface area (Å²) in [5.74, 6) is -0.419. The molecule has 3 aliphatic rings. The number of fused-ring (bicyclic) bond motifs is 5. The normalized spacial score (nSPS) is 60.8. The van der Waals surface area contributed by atoms with E-state index in [0.29, 0.717) is 6.42 Å². The van der Waals surface area contributed by atoms with Gasteiger partial charge >= 0.3 is 0 Å². The minimum Gasteiger partial charge on any atom is -0.595 e. The van der Waals surface area contributed by atoms with Crippen molar-refractivity contribution in [2.45, 2.75) is 24.5 Å². The fraction of sp³-hybridized carbons (Fsp3) is 1.00. The van der Waals surface area contributed by atoms with Crippen molar-refractivity contribution in [2.24, 2.45) is 5.92 Å². The standard InChI is InChI=1S/C6H12N4O6/c11-7-2-3-4-1-5(6(3)10(14)15-7)9(13)16-8(4)12/h3-10H,1-2H2. The molecule has 4 N–H and O–H groups in total. The zero-order valence-corrected chi connectivity index (χ0v) is 8.17. The molecule has 8 atom stereocenters. The van der Waals surface area contributed by atoms with Crippen molar-refractivity contribution in [1.29, 1.82) is 0 Å².